The fourth-order valence-corrected chi connectivity index (χ4v) is 3.68. The van der Waals surface area contributed by atoms with E-state index in [9.17, 15) is 9.59 Å². The fraction of sp³-hybridized carbons (Fsp3) is 0.474. The lowest BCUT2D eigenvalue weighted by molar-refractivity contribution is -0.122. The number of nitrogens with zero attached hydrogens (tertiary/aromatic N) is 3. The first-order chi connectivity index (χ1) is 12.3. The molecule has 3 rings (SSSR count). The zero-order chi connectivity index (χ0) is 18.9. The number of nitrogens with one attached hydrogen (secondary N) is 1. The molecule has 0 spiro atoms. The normalized spacial score (nSPS) is 17.6. The molecule has 138 valence electrons. The molecule has 1 aromatic heterocycles. The molecule has 2 aromatic rings. The number of amides is 2. The van der Waals surface area contributed by atoms with Gasteiger partial charge in [0.05, 0.1) is 5.92 Å². The molecule has 1 atom stereocenters. The van der Waals surface area contributed by atoms with Crippen LogP contribution in [0.5, 0.6) is 0 Å². The number of anilines is 2. The molecular weight excluding hydrogens is 348 g/mol. The van der Waals surface area contributed by atoms with Crippen LogP contribution in [0, 0.1) is 12.8 Å². The third kappa shape index (κ3) is 3.77. The van der Waals surface area contributed by atoms with Gasteiger partial charge in [-0.25, -0.2) is 0 Å². The predicted molar refractivity (Wildman–Crippen MR) is 103 cm³/mol. The molecular formula is C19H24N4O2S. The molecule has 0 bridgehead atoms. The molecule has 0 radical (unpaired) electrons. The molecule has 2 heterocycles. The molecule has 7 heteroatoms. The van der Waals surface area contributed by atoms with E-state index in [0.717, 1.165) is 22.7 Å². The summed E-state index contributed by atoms with van der Waals surface area (Å²) in [6, 6.07) is 7.76. The van der Waals surface area contributed by atoms with E-state index in [1.165, 1.54) is 11.3 Å². The smallest absolute Gasteiger partial charge is 0.231 e. The summed E-state index contributed by atoms with van der Waals surface area (Å²) >= 11 is 1.40. The highest BCUT2D eigenvalue weighted by molar-refractivity contribution is 7.15. The Hall–Kier alpha value is -2.28. The summed E-state index contributed by atoms with van der Waals surface area (Å²) in [6.45, 7) is 8.70. The number of hydrogen-bond acceptors (Lipinski definition) is 5. The van der Waals surface area contributed by atoms with Gasteiger partial charge in [0.15, 0.2) is 0 Å². The number of carbonyl (C=O) groups excluding carboxylic acids is 2. The number of hydrogen-bond donors (Lipinski definition) is 1. The molecule has 6 nitrogen and oxygen atoms in total. The Morgan fingerprint density at radius 2 is 2.00 bits per heavy atom. The standard InChI is InChI=1S/C19H24N4O2S/c1-5-19(3,4)17-21-22-18(26-17)20-16(25)13-10-15(24)23(11-13)14-8-6-12(2)7-9-14/h6-9,13H,5,10-11H2,1-4H3,(H,20,22,25). The lowest BCUT2D eigenvalue weighted by Crippen LogP contribution is -2.28. The average Bonchev–Trinajstić information content (AvgIpc) is 3.23. The zero-order valence-electron chi connectivity index (χ0n) is 15.6. The highest BCUT2D eigenvalue weighted by atomic mass is 32.1. The van der Waals surface area contributed by atoms with Gasteiger partial charge < -0.3 is 10.2 Å². The lowest BCUT2D eigenvalue weighted by Gasteiger charge is -2.17. The number of aromatic nitrogens is 2. The van der Waals surface area contributed by atoms with Crippen molar-refractivity contribution in [2.24, 2.45) is 5.92 Å². The van der Waals surface area contributed by atoms with Gasteiger partial charge in [-0.3, -0.25) is 9.59 Å². The topological polar surface area (TPSA) is 75.2 Å². The first-order valence-electron chi connectivity index (χ1n) is 8.82. The summed E-state index contributed by atoms with van der Waals surface area (Å²) in [5, 5.41) is 12.5. The Morgan fingerprint density at radius 3 is 2.65 bits per heavy atom. The zero-order valence-corrected chi connectivity index (χ0v) is 16.4. The molecule has 1 aliphatic heterocycles. The molecule has 1 aliphatic rings. The maximum atomic E-state index is 12.6. The van der Waals surface area contributed by atoms with Gasteiger partial charge in [-0.2, -0.15) is 0 Å². The van der Waals surface area contributed by atoms with Crippen molar-refractivity contribution in [3.63, 3.8) is 0 Å². The highest BCUT2D eigenvalue weighted by Gasteiger charge is 2.35. The molecule has 1 unspecified atom stereocenters. The number of carbonyl (C=O) groups is 2. The number of benzene rings is 1. The van der Waals surface area contributed by atoms with Crippen molar-refractivity contribution in [3.05, 3.63) is 34.8 Å². The lowest BCUT2D eigenvalue weighted by atomic mass is 9.91. The first kappa shape index (κ1) is 18.5. The summed E-state index contributed by atoms with van der Waals surface area (Å²) < 4.78 is 0. The summed E-state index contributed by atoms with van der Waals surface area (Å²) in [5.74, 6) is -0.584. The first-order valence-corrected chi connectivity index (χ1v) is 9.63. The van der Waals surface area contributed by atoms with Gasteiger partial charge in [-0.05, 0) is 25.5 Å². The summed E-state index contributed by atoms with van der Waals surface area (Å²) in [6.07, 6.45) is 1.16. The minimum atomic E-state index is -0.379. The van der Waals surface area contributed by atoms with E-state index in [4.69, 9.17) is 0 Å². The fourth-order valence-electron chi connectivity index (χ4n) is 2.76. The van der Waals surface area contributed by atoms with Gasteiger partial charge in [0, 0.05) is 24.1 Å². The van der Waals surface area contributed by atoms with Crippen LogP contribution in [0.1, 0.15) is 44.2 Å². The second-order valence-electron chi connectivity index (χ2n) is 7.38. The summed E-state index contributed by atoms with van der Waals surface area (Å²) in [7, 11) is 0. The van der Waals surface area contributed by atoms with E-state index >= 15 is 0 Å². The molecule has 1 aromatic carbocycles. The van der Waals surface area contributed by atoms with Gasteiger partial charge in [-0.1, -0.05) is 49.8 Å². The maximum Gasteiger partial charge on any atom is 0.231 e. The quantitative estimate of drug-likeness (QED) is 0.871. The van der Waals surface area contributed by atoms with Crippen LogP contribution in [-0.4, -0.2) is 28.6 Å². The molecule has 1 N–H and O–H groups in total. The molecule has 1 saturated heterocycles. The summed E-state index contributed by atoms with van der Waals surface area (Å²) in [4.78, 5) is 26.6. The van der Waals surface area contributed by atoms with Crippen LogP contribution in [0.15, 0.2) is 24.3 Å². The van der Waals surface area contributed by atoms with Crippen molar-refractivity contribution in [1.82, 2.24) is 10.2 Å². The van der Waals surface area contributed by atoms with Crippen molar-refractivity contribution >= 4 is 34.0 Å². The van der Waals surface area contributed by atoms with E-state index in [1.807, 2.05) is 31.2 Å². The van der Waals surface area contributed by atoms with E-state index in [-0.39, 0.29) is 29.6 Å². The Kier molecular flexibility index (Phi) is 5.09. The molecule has 2 amide bonds. The molecule has 0 aliphatic carbocycles. The monoisotopic (exact) mass is 372 g/mol. The van der Waals surface area contributed by atoms with Crippen LogP contribution >= 0.6 is 11.3 Å². The van der Waals surface area contributed by atoms with Crippen LogP contribution < -0.4 is 10.2 Å². The number of rotatable bonds is 5. The van der Waals surface area contributed by atoms with E-state index in [2.05, 4.69) is 36.3 Å². The predicted octanol–water partition coefficient (Wildman–Crippen LogP) is 3.53. The van der Waals surface area contributed by atoms with Gasteiger partial charge in [0.25, 0.3) is 0 Å². The maximum absolute atomic E-state index is 12.6. The van der Waals surface area contributed by atoms with Gasteiger partial charge in [0.2, 0.25) is 16.9 Å². The third-order valence-electron chi connectivity index (χ3n) is 4.96. The van der Waals surface area contributed by atoms with E-state index in [1.54, 1.807) is 4.90 Å². The van der Waals surface area contributed by atoms with Crippen LogP contribution in [0.4, 0.5) is 10.8 Å². The largest absolute Gasteiger partial charge is 0.312 e. The van der Waals surface area contributed by atoms with Crippen LogP contribution in [0.25, 0.3) is 0 Å². The van der Waals surface area contributed by atoms with E-state index < -0.39 is 0 Å². The Labute approximate surface area is 157 Å². The van der Waals surface area contributed by atoms with E-state index in [0.29, 0.717) is 11.7 Å². The van der Waals surface area contributed by atoms with Crippen molar-refractivity contribution in [2.75, 3.05) is 16.8 Å². The van der Waals surface area contributed by atoms with Crippen LogP contribution in [0.3, 0.4) is 0 Å². The van der Waals surface area contributed by atoms with Gasteiger partial charge in [-0.15, -0.1) is 10.2 Å². The SMILES string of the molecule is CCC(C)(C)c1nnc(NC(=O)C2CC(=O)N(c3ccc(C)cc3)C2)s1. The van der Waals surface area contributed by atoms with Crippen molar-refractivity contribution in [3.8, 4) is 0 Å². The average molecular weight is 372 g/mol. The second kappa shape index (κ2) is 7.15. The number of aryl methyl sites for hydroxylation is 1. The second-order valence-corrected chi connectivity index (χ2v) is 8.36. The van der Waals surface area contributed by atoms with Gasteiger partial charge >= 0.3 is 0 Å². The highest BCUT2D eigenvalue weighted by Crippen LogP contribution is 2.32. The van der Waals surface area contributed by atoms with Crippen molar-refractivity contribution in [2.45, 2.75) is 46.0 Å². The minimum absolute atomic E-state index is 0.0286. The molecule has 0 saturated carbocycles. The van der Waals surface area contributed by atoms with Crippen molar-refractivity contribution < 1.29 is 9.59 Å². The van der Waals surface area contributed by atoms with Crippen LogP contribution in [0.2, 0.25) is 0 Å². The summed E-state index contributed by atoms with van der Waals surface area (Å²) in [5.41, 5.74) is 1.90. The minimum Gasteiger partial charge on any atom is -0.312 e. The Bertz CT molecular complexity index is 813. The van der Waals surface area contributed by atoms with Gasteiger partial charge in [0.1, 0.15) is 5.01 Å². The third-order valence-corrected chi connectivity index (χ3v) is 6.16. The molecule has 1 fully saturated rings. The van der Waals surface area contributed by atoms with Crippen LogP contribution in [-0.2, 0) is 15.0 Å². The Morgan fingerprint density at radius 1 is 1.31 bits per heavy atom. The molecule has 26 heavy (non-hydrogen) atoms. The van der Waals surface area contributed by atoms with Crippen molar-refractivity contribution in [1.29, 1.82) is 0 Å². The Balaban J connectivity index is 1.66.